The average molecular weight is 284 g/mol. The lowest BCUT2D eigenvalue weighted by molar-refractivity contribution is 0.293. The second-order valence-electron chi connectivity index (χ2n) is 4.98. The van der Waals surface area contributed by atoms with E-state index in [-0.39, 0.29) is 12.0 Å². The zero-order valence-corrected chi connectivity index (χ0v) is 11.6. The molecule has 1 aliphatic rings. The Kier molecular flexibility index (Phi) is 3.01. The summed E-state index contributed by atoms with van der Waals surface area (Å²) >= 11 is 3.53. The molecule has 2 nitrogen and oxygen atoms in total. The number of rotatable bonds is 2. The Hall–Kier alpha value is -0.540. The third-order valence-electron chi connectivity index (χ3n) is 3.82. The van der Waals surface area contributed by atoms with E-state index in [9.17, 15) is 0 Å². The number of aliphatic hydroxyl groups excluding tert-OH is 1. The SMILES string of the molecule is CC1N(CCO)c2ccc(Br)cc2C1(C)C. The molecule has 0 spiro atoms. The number of halogens is 1. The lowest BCUT2D eigenvalue weighted by Gasteiger charge is -2.31. The minimum absolute atomic E-state index is 0.133. The molecule has 0 aliphatic carbocycles. The van der Waals surface area contributed by atoms with Gasteiger partial charge in [-0.1, -0.05) is 29.8 Å². The molecule has 88 valence electrons. The van der Waals surface area contributed by atoms with E-state index in [1.807, 2.05) is 0 Å². The van der Waals surface area contributed by atoms with Crippen LogP contribution in [0.2, 0.25) is 0 Å². The lowest BCUT2D eigenvalue weighted by atomic mass is 9.81. The van der Waals surface area contributed by atoms with Crippen molar-refractivity contribution in [1.82, 2.24) is 0 Å². The molecule has 0 saturated heterocycles. The van der Waals surface area contributed by atoms with Gasteiger partial charge < -0.3 is 10.0 Å². The number of aliphatic hydroxyl groups is 1. The number of hydrogen-bond acceptors (Lipinski definition) is 2. The summed E-state index contributed by atoms with van der Waals surface area (Å²) < 4.78 is 1.12. The van der Waals surface area contributed by atoms with Crippen LogP contribution in [0.5, 0.6) is 0 Å². The topological polar surface area (TPSA) is 23.5 Å². The molecule has 2 rings (SSSR count). The molecular formula is C13H18BrNO. The Morgan fingerprint density at radius 3 is 2.75 bits per heavy atom. The summed E-state index contributed by atoms with van der Waals surface area (Å²) in [7, 11) is 0. The summed E-state index contributed by atoms with van der Waals surface area (Å²) in [5.74, 6) is 0. The summed E-state index contributed by atoms with van der Waals surface area (Å²) in [5.41, 5.74) is 2.76. The fourth-order valence-corrected chi connectivity index (χ4v) is 2.88. The largest absolute Gasteiger partial charge is 0.395 e. The van der Waals surface area contributed by atoms with Crippen LogP contribution in [0, 0.1) is 0 Å². The van der Waals surface area contributed by atoms with Gasteiger partial charge in [-0.05, 0) is 30.7 Å². The molecule has 1 atom stereocenters. The molecule has 1 heterocycles. The van der Waals surface area contributed by atoms with E-state index in [0.717, 1.165) is 4.47 Å². The van der Waals surface area contributed by atoms with Crippen molar-refractivity contribution in [3.63, 3.8) is 0 Å². The molecule has 16 heavy (non-hydrogen) atoms. The van der Waals surface area contributed by atoms with E-state index in [4.69, 9.17) is 5.11 Å². The maximum absolute atomic E-state index is 9.14. The number of anilines is 1. The predicted molar refractivity (Wildman–Crippen MR) is 71.1 cm³/mol. The molecule has 3 heteroatoms. The summed E-state index contributed by atoms with van der Waals surface area (Å²) in [6, 6.07) is 6.82. The highest BCUT2D eigenvalue weighted by molar-refractivity contribution is 9.10. The first kappa shape index (κ1) is 11.9. The van der Waals surface area contributed by atoms with Crippen molar-refractivity contribution in [1.29, 1.82) is 0 Å². The zero-order chi connectivity index (χ0) is 11.9. The number of fused-ring (bicyclic) bond motifs is 1. The zero-order valence-electron chi connectivity index (χ0n) is 10.00. The van der Waals surface area contributed by atoms with Crippen LogP contribution in [-0.2, 0) is 5.41 Å². The summed E-state index contributed by atoms with van der Waals surface area (Å²) in [4.78, 5) is 2.29. The lowest BCUT2D eigenvalue weighted by Crippen LogP contribution is -2.40. The van der Waals surface area contributed by atoms with Crippen molar-refractivity contribution < 1.29 is 5.11 Å². The highest BCUT2D eigenvalue weighted by atomic mass is 79.9. The molecule has 1 aromatic carbocycles. The molecule has 1 aliphatic heterocycles. The van der Waals surface area contributed by atoms with Gasteiger partial charge in [-0.25, -0.2) is 0 Å². The second-order valence-corrected chi connectivity index (χ2v) is 5.89. The maximum atomic E-state index is 9.14. The Morgan fingerprint density at radius 2 is 2.12 bits per heavy atom. The fraction of sp³-hybridized carbons (Fsp3) is 0.538. The van der Waals surface area contributed by atoms with Gasteiger partial charge in [0.2, 0.25) is 0 Å². The number of benzene rings is 1. The van der Waals surface area contributed by atoms with Gasteiger partial charge in [0.25, 0.3) is 0 Å². The van der Waals surface area contributed by atoms with E-state index in [1.54, 1.807) is 0 Å². The monoisotopic (exact) mass is 283 g/mol. The van der Waals surface area contributed by atoms with Gasteiger partial charge in [-0.15, -0.1) is 0 Å². The molecule has 0 fully saturated rings. The van der Waals surface area contributed by atoms with Crippen LogP contribution < -0.4 is 4.90 Å². The van der Waals surface area contributed by atoms with Crippen LogP contribution in [0.1, 0.15) is 26.3 Å². The number of β-amino-alcohol motifs (C(OH)–C–C–N with tert-alkyl or cyclic N) is 1. The highest BCUT2D eigenvalue weighted by Gasteiger charge is 2.41. The number of hydrogen-bond donors (Lipinski definition) is 1. The first-order chi connectivity index (χ1) is 7.48. The van der Waals surface area contributed by atoms with Crippen molar-refractivity contribution in [3.8, 4) is 0 Å². The number of nitrogens with zero attached hydrogens (tertiary/aromatic N) is 1. The standard InChI is InChI=1S/C13H18BrNO/c1-9-13(2,3)11-8-10(14)4-5-12(11)15(9)6-7-16/h4-5,8-9,16H,6-7H2,1-3H3. The van der Waals surface area contributed by atoms with E-state index >= 15 is 0 Å². The van der Waals surface area contributed by atoms with Crippen LogP contribution in [0.15, 0.2) is 22.7 Å². The van der Waals surface area contributed by atoms with Crippen molar-refractivity contribution in [2.45, 2.75) is 32.2 Å². The van der Waals surface area contributed by atoms with E-state index in [2.05, 4.69) is 59.8 Å². The normalized spacial score (nSPS) is 22.3. The van der Waals surface area contributed by atoms with Gasteiger partial charge in [0, 0.05) is 28.2 Å². The average Bonchev–Trinajstić information content (AvgIpc) is 2.41. The van der Waals surface area contributed by atoms with Gasteiger partial charge in [0.05, 0.1) is 6.61 Å². The third-order valence-corrected chi connectivity index (χ3v) is 4.31. The molecule has 0 aromatic heterocycles. The van der Waals surface area contributed by atoms with Crippen LogP contribution in [-0.4, -0.2) is 24.3 Å². The van der Waals surface area contributed by atoms with Crippen LogP contribution in [0.25, 0.3) is 0 Å². The molecule has 1 N–H and O–H groups in total. The molecule has 1 unspecified atom stereocenters. The van der Waals surface area contributed by atoms with Crippen LogP contribution >= 0.6 is 15.9 Å². The second kappa shape index (κ2) is 4.04. The molecule has 0 amide bonds. The molecule has 1 aromatic rings. The van der Waals surface area contributed by atoms with Crippen molar-refractivity contribution in [3.05, 3.63) is 28.2 Å². The van der Waals surface area contributed by atoms with Crippen molar-refractivity contribution in [2.75, 3.05) is 18.1 Å². The summed E-state index contributed by atoms with van der Waals surface area (Å²) in [6.45, 7) is 7.67. The third kappa shape index (κ3) is 1.66. The Bertz CT molecular complexity index is 403. The van der Waals surface area contributed by atoms with Crippen molar-refractivity contribution in [2.24, 2.45) is 0 Å². The minimum Gasteiger partial charge on any atom is -0.395 e. The van der Waals surface area contributed by atoms with E-state index < -0.39 is 0 Å². The Morgan fingerprint density at radius 1 is 1.44 bits per heavy atom. The van der Waals surface area contributed by atoms with Gasteiger partial charge in [-0.2, -0.15) is 0 Å². The molecular weight excluding hydrogens is 266 g/mol. The molecule has 0 saturated carbocycles. The van der Waals surface area contributed by atoms with E-state index in [0.29, 0.717) is 12.6 Å². The van der Waals surface area contributed by atoms with Crippen LogP contribution in [0.3, 0.4) is 0 Å². The first-order valence-electron chi connectivity index (χ1n) is 5.66. The first-order valence-corrected chi connectivity index (χ1v) is 6.45. The Balaban J connectivity index is 2.51. The van der Waals surface area contributed by atoms with Gasteiger partial charge in [-0.3, -0.25) is 0 Å². The smallest absolute Gasteiger partial charge is 0.0606 e. The summed E-state index contributed by atoms with van der Waals surface area (Å²) in [5, 5.41) is 9.14. The van der Waals surface area contributed by atoms with Crippen molar-refractivity contribution >= 4 is 21.6 Å². The van der Waals surface area contributed by atoms with Gasteiger partial charge >= 0.3 is 0 Å². The quantitative estimate of drug-likeness (QED) is 0.902. The maximum Gasteiger partial charge on any atom is 0.0606 e. The van der Waals surface area contributed by atoms with Gasteiger partial charge in [0.15, 0.2) is 0 Å². The van der Waals surface area contributed by atoms with E-state index in [1.165, 1.54) is 11.3 Å². The Labute approximate surface area is 105 Å². The highest BCUT2D eigenvalue weighted by Crippen LogP contribution is 2.45. The predicted octanol–water partition coefficient (Wildman–Crippen LogP) is 2.93. The van der Waals surface area contributed by atoms with Gasteiger partial charge in [0.1, 0.15) is 0 Å². The van der Waals surface area contributed by atoms with Crippen LogP contribution in [0.4, 0.5) is 5.69 Å². The molecule has 0 radical (unpaired) electrons. The minimum atomic E-state index is 0.133. The summed E-state index contributed by atoms with van der Waals surface area (Å²) in [6.07, 6.45) is 0. The fourth-order valence-electron chi connectivity index (χ4n) is 2.52. The molecule has 0 bridgehead atoms.